The van der Waals surface area contributed by atoms with E-state index in [-0.39, 0.29) is 12.8 Å². The molecule has 0 fully saturated rings. The summed E-state index contributed by atoms with van der Waals surface area (Å²) in [7, 11) is 0. The first-order valence-corrected chi connectivity index (χ1v) is 6.10. The Morgan fingerprint density at radius 3 is 2.25 bits per heavy atom. The van der Waals surface area contributed by atoms with Crippen LogP contribution < -0.4 is 0 Å². The maximum atomic E-state index is 13.4. The first-order chi connectivity index (χ1) is 9.36. The molecule has 0 heterocycles. The van der Waals surface area contributed by atoms with Crippen LogP contribution in [0.1, 0.15) is 18.4 Å². The summed E-state index contributed by atoms with van der Waals surface area (Å²) >= 11 is 0. The topological polar surface area (TPSA) is 0 Å². The van der Waals surface area contributed by atoms with Crippen LogP contribution in [0.2, 0.25) is 0 Å². The van der Waals surface area contributed by atoms with Gasteiger partial charge in [0.15, 0.2) is 0 Å². The highest BCUT2D eigenvalue weighted by atomic mass is 19.3. The molecule has 0 spiro atoms. The van der Waals surface area contributed by atoms with Gasteiger partial charge in [-0.1, -0.05) is 36.4 Å². The first-order valence-electron chi connectivity index (χ1n) is 6.10. The Kier molecular flexibility index (Phi) is 5.92. The fraction of sp³-hybridized carbons (Fsp3) is 0.333. The molecule has 0 amide bonds. The SMILES string of the molecule is C=CCC(Cc1ccccc1)CC(F)(F)C(F)=C(F)F. The van der Waals surface area contributed by atoms with Gasteiger partial charge in [-0.05, 0) is 24.3 Å². The van der Waals surface area contributed by atoms with E-state index in [1.807, 2.05) is 0 Å². The Morgan fingerprint density at radius 1 is 1.15 bits per heavy atom. The van der Waals surface area contributed by atoms with E-state index in [1.165, 1.54) is 6.08 Å². The van der Waals surface area contributed by atoms with Crippen molar-refractivity contribution in [2.75, 3.05) is 0 Å². The minimum atomic E-state index is -4.15. The highest BCUT2D eigenvalue weighted by Crippen LogP contribution is 2.36. The van der Waals surface area contributed by atoms with E-state index >= 15 is 0 Å². The van der Waals surface area contributed by atoms with E-state index in [2.05, 4.69) is 6.58 Å². The third kappa shape index (κ3) is 4.79. The highest BCUT2D eigenvalue weighted by molar-refractivity contribution is 5.16. The number of benzene rings is 1. The molecule has 0 aromatic heterocycles. The molecule has 110 valence electrons. The van der Waals surface area contributed by atoms with Gasteiger partial charge in [-0.2, -0.15) is 22.0 Å². The van der Waals surface area contributed by atoms with Gasteiger partial charge in [0.05, 0.1) is 0 Å². The number of halogens is 5. The van der Waals surface area contributed by atoms with Crippen molar-refractivity contribution in [3.05, 3.63) is 60.5 Å². The Labute approximate surface area is 114 Å². The van der Waals surface area contributed by atoms with E-state index in [0.717, 1.165) is 5.56 Å². The van der Waals surface area contributed by atoms with Crippen molar-refractivity contribution >= 4 is 0 Å². The van der Waals surface area contributed by atoms with Crippen LogP contribution in [0.15, 0.2) is 54.9 Å². The quantitative estimate of drug-likeness (QED) is 0.458. The predicted molar refractivity (Wildman–Crippen MR) is 68.4 cm³/mol. The minimum absolute atomic E-state index is 0.200. The fourth-order valence-electron chi connectivity index (χ4n) is 2.01. The smallest absolute Gasteiger partial charge is 0.199 e. The average molecular weight is 290 g/mol. The largest absolute Gasteiger partial charge is 0.307 e. The second kappa shape index (κ2) is 7.22. The number of hydrogen-bond donors (Lipinski definition) is 0. The average Bonchev–Trinajstić information content (AvgIpc) is 2.38. The van der Waals surface area contributed by atoms with Gasteiger partial charge in [0.1, 0.15) is 0 Å². The Balaban J connectivity index is 2.82. The molecule has 0 bridgehead atoms. The molecular weight excluding hydrogens is 275 g/mol. The summed E-state index contributed by atoms with van der Waals surface area (Å²) in [5.74, 6) is -7.45. The van der Waals surface area contributed by atoms with Crippen molar-refractivity contribution in [2.45, 2.75) is 25.2 Å². The molecule has 0 aliphatic carbocycles. The summed E-state index contributed by atoms with van der Waals surface area (Å²) in [5, 5.41) is 0. The first kappa shape index (κ1) is 16.4. The van der Waals surface area contributed by atoms with Crippen LogP contribution in [-0.2, 0) is 6.42 Å². The lowest BCUT2D eigenvalue weighted by molar-refractivity contribution is -0.0122. The molecule has 1 unspecified atom stereocenters. The molecule has 0 aliphatic rings. The minimum Gasteiger partial charge on any atom is -0.199 e. The number of hydrogen-bond acceptors (Lipinski definition) is 0. The van der Waals surface area contributed by atoms with Crippen LogP contribution in [-0.4, -0.2) is 5.92 Å². The molecular formula is C15H15F5. The Hall–Kier alpha value is -1.65. The highest BCUT2D eigenvalue weighted by Gasteiger charge is 2.40. The third-order valence-corrected chi connectivity index (χ3v) is 2.90. The molecule has 1 atom stereocenters. The molecule has 1 aromatic rings. The van der Waals surface area contributed by atoms with Gasteiger partial charge < -0.3 is 0 Å². The van der Waals surface area contributed by atoms with E-state index in [0.29, 0.717) is 0 Å². The van der Waals surface area contributed by atoms with Crippen molar-refractivity contribution in [2.24, 2.45) is 5.92 Å². The lowest BCUT2D eigenvalue weighted by Gasteiger charge is -2.21. The Morgan fingerprint density at radius 2 is 1.75 bits per heavy atom. The summed E-state index contributed by atoms with van der Waals surface area (Å²) in [6.45, 7) is 3.45. The van der Waals surface area contributed by atoms with E-state index in [1.54, 1.807) is 30.3 Å². The van der Waals surface area contributed by atoms with Crippen LogP contribution in [0.4, 0.5) is 22.0 Å². The van der Waals surface area contributed by atoms with Gasteiger partial charge >= 0.3 is 12.0 Å². The summed E-state index contributed by atoms with van der Waals surface area (Å²) in [6.07, 6.45) is -2.06. The Bertz CT molecular complexity index is 460. The van der Waals surface area contributed by atoms with Crippen LogP contribution >= 0.6 is 0 Å². The predicted octanol–water partition coefficient (Wildman–Crippen LogP) is 5.52. The van der Waals surface area contributed by atoms with Crippen molar-refractivity contribution < 1.29 is 22.0 Å². The van der Waals surface area contributed by atoms with Crippen LogP contribution in [0.25, 0.3) is 0 Å². The van der Waals surface area contributed by atoms with Crippen molar-refractivity contribution in [3.63, 3.8) is 0 Å². The van der Waals surface area contributed by atoms with Crippen molar-refractivity contribution in [3.8, 4) is 0 Å². The van der Waals surface area contributed by atoms with Crippen molar-refractivity contribution in [1.82, 2.24) is 0 Å². The second-order valence-corrected chi connectivity index (χ2v) is 4.56. The molecule has 0 aliphatic heterocycles. The zero-order valence-corrected chi connectivity index (χ0v) is 10.8. The van der Waals surface area contributed by atoms with Gasteiger partial charge in [0.25, 0.3) is 0 Å². The maximum Gasteiger partial charge on any atom is 0.307 e. The normalized spacial score (nSPS) is 12.8. The molecule has 0 saturated heterocycles. The molecule has 0 radical (unpaired) electrons. The van der Waals surface area contributed by atoms with Crippen LogP contribution in [0, 0.1) is 5.92 Å². The lowest BCUT2D eigenvalue weighted by Crippen LogP contribution is -2.23. The second-order valence-electron chi connectivity index (χ2n) is 4.56. The zero-order chi connectivity index (χ0) is 15.2. The van der Waals surface area contributed by atoms with E-state index < -0.39 is 30.2 Å². The summed E-state index contributed by atoms with van der Waals surface area (Å²) < 4.78 is 63.6. The monoisotopic (exact) mass is 290 g/mol. The summed E-state index contributed by atoms with van der Waals surface area (Å²) in [5.41, 5.74) is 0.792. The summed E-state index contributed by atoms with van der Waals surface area (Å²) in [6, 6.07) is 8.77. The fourth-order valence-corrected chi connectivity index (χ4v) is 2.01. The van der Waals surface area contributed by atoms with Gasteiger partial charge in [0.2, 0.25) is 5.83 Å². The summed E-state index contributed by atoms with van der Waals surface area (Å²) in [4.78, 5) is 0. The standard InChI is InChI=1S/C15H15F5/c1-2-6-12(9-11-7-4-3-5-8-11)10-15(19,20)13(16)14(17)18/h2-5,7-8,12H,1,6,9-10H2. The number of alkyl halides is 2. The molecule has 0 saturated carbocycles. The molecule has 1 aromatic carbocycles. The zero-order valence-electron chi connectivity index (χ0n) is 10.8. The lowest BCUT2D eigenvalue weighted by atomic mass is 9.90. The van der Waals surface area contributed by atoms with Crippen LogP contribution in [0.5, 0.6) is 0 Å². The van der Waals surface area contributed by atoms with E-state index in [4.69, 9.17) is 0 Å². The van der Waals surface area contributed by atoms with E-state index in [9.17, 15) is 22.0 Å². The number of rotatable bonds is 7. The van der Waals surface area contributed by atoms with Gasteiger partial charge in [0, 0.05) is 6.42 Å². The maximum absolute atomic E-state index is 13.4. The molecule has 1 rings (SSSR count). The third-order valence-electron chi connectivity index (χ3n) is 2.90. The van der Waals surface area contributed by atoms with Gasteiger partial charge in [-0.15, -0.1) is 6.58 Å². The molecule has 0 N–H and O–H groups in total. The molecule has 20 heavy (non-hydrogen) atoms. The van der Waals surface area contributed by atoms with Crippen LogP contribution in [0.3, 0.4) is 0 Å². The molecule has 5 heteroatoms. The molecule has 0 nitrogen and oxygen atoms in total. The van der Waals surface area contributed by atoms with Gasteiger partial charge in [-0.25, -0.2) is 0 Å². The number of allylic oxidation sites excluding steroid dienone is 2. The van der Waals surface area contributed by atoms with Crippen molar-refractivity contribution in [1.29, 1.82) is 0 Å². The van der Waals surface area contributed by atoms with Gasteiger partial charge in [-0.3, -0.25) is 0 Å².